The van der Waals surface area contributed by atoms with Crippen LogP contribution in [0.2, 0.25) is 0 Å². The zero-order valence-electron chi connectivity index (χ0n) is 9.59. The quantitative estimate of drug-likeness (QED) is 0.686. The number of hydrogen-bond acceptors (Lipinski definition) is 4. The molecule has 2 N–H and O–H groups in total. The van der Waals surface area contributed by atoms with Crippen molar-refractivity contribution in [1.82, 2.24) is 15.1 Å². The third kappa shape index (κ3) is 2.84. The van der Waals surface area contributed by atoms with E-state index in [1.807, 2.05) is 0 Å². The lowest BCUT2D eigenvalue weighted by Gasteiger charge is -2.28. The Labute approximate surface area is 104 Å². The first-order valence-electron chi connectivity index (χ1n) is 5.77. The van der Waals surface area contributed by atoms with Crippen LogP contribution < -0.4 is 5.32 Å². The van der Waals surface area contributed by atoms with Gasteiger partial charge in [0.05, 0.1) is 5.88 Å². The predicted molar refractivity (Wildman–Crippen MR) is 65.0 cm³/mol. The van der Waals surface area contributed by atoms with Gasteiger partial charge < -0.3 is 20.2 Å². The van der Waals surface area contributed by atoms with Gasteiger partial charge in [-0.15, -0.1) is 11.8 Å². The summed E-state index contributed by atoms with van der Waals surface area (Å²) in [6.45, 7) is 3.07. The molecule has 2 heterocycles. The lowest BCUT2D eigenvalue weighted by molar-refractivity contribution is -0.140. The van der Waals surface area contributed by atoms with Crippen molar-refractivity contribution in [2.75, 3.05) is 37.8 Å². The predicted octanol–water partition coefficient (Wildman–Crippen LogP) is -0.139. The molecule has 17 heavy (non-hydrogen) atoms. The fourth-order valence-corrected chi connectivity index (χ4v) is 3.19. The number of thioether (sulfide) groups is 1. The number of hydrogen-bond donors (Lipinski definition) is 2. The van der Waals surface area contributed by atoms with Crippen LogP contribution in [0.25, 0.3) is 0 Å². The van der Waals surface area contributed by atoms with Crippen LogP contribution in [-0.2, 0) is 4.79 Å². The molecule has 0 aromatic heterocycles. The number of nitrogens with one attached hydrogen (secondary N) is 1. The van der Waals surface area contributed by atoms with E-state index >= 15 is 0 Å². The van der Waals surface area contributed by atoms with Crippen molar-refractivity contribution in [3.63, 3.8) is 0 Å². The van der Waals surface area contributed by atoms with Crippen LogP contribution >= 0.6 is 11.8 Å². The minimum absolute atomic E-state index is 0.133. The molecular formula is C10H17N3O3S. The zero-order chi connectivity index (χ0) is 12.3. The number of rotatable bonds is 1. The van der Waals surface area contributed by atoms with Crippen LogP contribution in [-0.4, -0.2) is 70.8 Å². The molecule has 2 fully saturated rings. The molecule has 0 aliphatic carbocycles. The highest BCUT2D eigenvalue weighted by atomic mass is 32.2. The lowest BCUT2D eigenvalue weighted by Crippen LogP contribution is -2.49. The van der Waals surface area contributed by atoms with Gasteiger partial charge in [-0.05, 0) is 13.0 Å². The molecule has 96 valence electrons. The van der Waals surface area contributed by atoms with Gasteiger partial charge in [-0.3, -0.25) is 0 Å². The van der Waals surface area contributed by atoms with E-state index < -0.39 is 12.0 Å². The topological polar surface area (TPSA) is 72.9 Å². The van der Waals surface area contributed by atoms with E-state index in [1.54, 1.807) is 4.90 Å². The van der Waals surface area contributed by atoms with Crippen molar-refractivity contribution < 1.29 is 14.7 Å². The van der Waals surface area contributed by atoms with E-state index in [9.17, 15) is 9.59 Å². The molecule has 0 bridgehead atoms. The molecule has 7 heteroatoms. The summed E-state index contributed by atoms with van der Waals surface area (Å²) >= 11 is 1.50. The molecule has 0 aromatic carbocycles. The molecule has 2 rings (SSSR count). The molecule has 6 nitrogen and oxygen atoms in total. The molecule has 2 amide bonds. The molecule has 0 spiro atoms. The largest absolute Gasteiger partial charge is 0.480 e. The summed E-state index contributed by atoms with van der Waals surface area (Å²) < 4.78 is 0. The lowest BCUT2D eigenvalue weighted by atomic mass is 10.3. The van der Waals surface area contributed by atoms with Crippen LogP contribution in [0.1, 0.15) is 6.42 Å². The van der Waals surface area contributed by atoms with Gasteiger partial charge in [0.25, 0.3) is 0 Å². The van der Waals surface area contributed by atoms with Gasteiger partial charge >= 0.3 is 12.0 Å². The molecule has 1 atom stereocenters. The summed E-state index contributed by atoms with van der Waals surface area (Å²) in [7, 11) is 0. The van der Waals surface area contributed by atoms with E-state index in [0.717, 1.165) is 19.5 Å². The second-order valence-electron chi connectivity index (χ2n) is 4.20. The maximum Gasteiger partial charge on any atom is 0.327 e. The number of carbonyl (C=O) groups is 2. The average Bonchev–Trinajstić information content (AvgIpc) is 2.64. The third-order valence-corrected chi connectivity index (χ3v) is 4.04. The highest BCUT2D eigenvalue weighted by Crippen LogP contribution is 2.22. The number of carboxylic acid groups (broad SMARTS) is 1. The van der Waals surface area contributed by atoms with Gasteiger partial charge in [0, 0.05) is 25.4 Å². The van der Waals surface area contributed by atoms with E-state index in [0.29, 0.717) is 24.7 Å². The highest BCUT2D eigenvalue weighted by molar-refractivity contribution is 7.99. The van der Waals surface area contributed by atoms with Gasteiger partial charge in [-0.2, -0.15) is 0 Å². The molecular weight excluding hydrogens is 242 g/mol. The molecule has 2 aliphatic rings. The summed E-state index contributed by atoms with van der Waals surface area (Å²) in [5.74, 6) is 0.0729. The fourth-order valence-electron chi connectivity index (χ4n) is 2.05. The van der Waals surface area contributed by atoms with Crippen molar-refractivity contribution in [2.24, 2.45) is 0 Å². The van der Waals surface area contributed by atoms with Crippen LogP contribution in [0, 0.1) is 0 Å². The Bertz CT molecular complexity index is 305. The maximum absolute atomic E-state index is 12.2. The molecule has 2 saturated heterocycles. The average molecular weight is 259 g/mol. The number of nitrogens with zero attached hydrogens (tertiary/aromatic N) is 2. The first-order valence-corrected chi connectivity index (χ1v) is 6.92. The molecule has 0 aromatic rings. The molecule has 1 unspecified atom stereocenters. The normalized spacial score (nSPS) is 25.8. The monoisotopic (exact) mass is 259 g/mol. The Kier molecular flexibility index (Phi) is 4.11. The fraction of sp³-hybridized carbons (Fsp3) is 0.800. The minimum atomic E-state index is -0.906. The first-order chi connectivity index (χ1) is 8.20. The van der Waals surface area contributed by atoms with Gasteiger partial charge in [0.1, 0.15) is 6.04 Å². The second-order valence-corrected chi connectivity index (χ2v) is 5.20. The van der Waals surface area contributed by atoms with Gasteiger partial charge in [-0.25, -0.2) is 9.59 Å². The van der Waals surface area contributed by atoms with Crippen molar-refractivity contribution in [3.8, 4) is 0 Å². The Morgan fingerprint density at radius 1 is 1.29 bits per heavy atom. The number of urea groups is 1. The van der Waals surface area contributed by atoms with Crippen molar-refractivity contribution >= 4 is 23.8 Å². The summed E-state index contributed by atoms with van der Waals surface area (Å²) in [5, 5.41) is 12.3. The van der Waals surface area contributed by atoms with Crippen LogP contribution in [0.5, 0.6) is 0 Å². The molecule has 2 aliphatic heterocycles. The number of carboxylic acids is 1. The second kappa shape index (κ2) is 5.59. The number of carbonyl (C=O) groups excluding carboxylic acids is 1. The van der Waals surface area contributed by atoms with Crippen molar-refractivity contribution in [1.29, 1.82) is 0 Å². The van der Waals surface area contributed by atoms with Crippen molar-refractivity contribution in [3.05, 3.63) is 0 Å². The number of amides is 2. The zero-order valence-corrected chi connectivity index (χ0v) is 10.4. The van der Waals surface area contributed by atoms with Gasteiger partial charge in [0.15, 0.2) is 0 Å². The highest BCUT2D eigenvalue weighted by Gasteiger charge is 2.36. The van der Waals surface area contributed by atoms with Crippen LogP contribution in [0.4, 0.5) is 4.79 Å². The summed E-state index contributed by atoms with van der Waals surface area (Å²) in [6.07, 6.45) is 0.921. The maximum atomic E-state index is 12.2. The Balaban J connectivity index is 2.00. The van der Waals surface area contributed by atoms with Crippen LogP contribution in [0.3, 0.4) is 0 Å². The van der Waals surface area contributed by atoms with Crippen molar-refractivity contribution in [2.45, 2.75) is 12.5 Å². The van der Waals surface area contributed by atoms with E-state index in [-0.39, 0.29) is 6.03 Å². The van der Waals surface area contributed by atoms with Gasteiger partial charge in [0.2, 0.25) is 0 Å². The Hall–Kier alpha value is -0.950. The smallest absolute Gasteiger partial charge is 0.327 e. The number of aliphatic carboxylic acids is 1. The summed E-state index contributed by atoms with van der Waals surface area (Å²) in [6, 6.07) is -0.796. The SMILES string of the molecule is O=C(O)C1CSCN1C(=O)N1CCCNCC1. The third-order valence-electron chi connectivity index (χ3n) is 3.02. The van der Waals surface area contributed by atoms with E-state index in [2.05, 4.69) is 5.32 Å². The molecule has 0 saturated carbocycles. The first kappa shape index (κ1) is 12.5. The van der Waals surface area contributed by atoms with E-state index in [4.69, 9.17) is 5.11 Å². The van der Waals surface area contributed by atoms with E-state index in [1.165, 1.54) is 16.7 Å². The van der Waals surface area contributed by atoms with Crippen LogP contribution in [0.15, 0.2) is 0 Å². The standard InChI is InChI=1S/C10H17N3O3S/c14-9(15)8-6-17-7-13(8)10(16)12-4-1-2-11-3-5-12/h8,11H,1-7H2,(H,14,15). The summed E-state index contributed by atoms with van der Waals surface area (Å²) in [4.78, 5) is 26.5. The Morgan fingerprint density at radius 3 is 2.88 bits per heavy atom. The van der Waals surface area contributed by atoms with Gasteiger partial charge in [-0.1, -0.05) is 0 Å². The Morgan fingerprint density at radius 2 is 2.12 bits per heavy atom. The summed E-state index contributed by atoms with van der Waals surface area (Å²) in [5.41, 5.74) is 0. The minimum Gasteiger partial charge on any atom is -0.480 e. The molecule has 0 radical (unpaired) electrons.